The van der Waals surface area contributed by atoms with Crippen LogP contribution in [-0.2, 0) is 11.2 Å². The number of aromatic amines is 1. The van der Waals surface area contributed by atoms with Crippen molar-refractivity contribution in [3.8, 4) is 5.75 Å². The number of hydrogen-bond donors (Lipinski definition) is 3. The van der Waals surface area contributed by atoms with Gasteiger partial charge in [0.2, 0.25) is 0 Å². The predicted octanol–water partition coefficient (Wildman–Crippen LogP) is 4.24. The van der Waals surface area contributed by atoms with Gasteiger partial charge in [-0.1, -0.05) is 6.08 Å². The van der Waals surface area contributed by atoms with Crippen molar-refractivity contribution in [2.75, 3.05) is 20.2 Å². The average molecular weight is 495 g/mol. The molecule has 2 fully saturated rings. The Hall–Kier alpha value is -3.33. The van der Waals surface area contributed by atoms with Crippen molar-refractivity contribution in [1.82, 2.24) is 20.1 Å². The highest BCUT2D eigenvalue weighted by Crippen LogP contribution is 2.50. The molecular formula is C27H31FN4O4. The number of methoxy groups -OCH3 is 1. The third-order valence-corrected chi connectivity index (χ3v) is 7.94. The topological polar surface area (TPSA) is 97.9 Å². The summed E-state index contributed by atoms with van der Waals surface area (Å²) in [5.41, 5.74) is 1.84. The molecule has 190 valence electrons. The quantitative estimate of drug-likeness (QED) is 0.395. The number of aliphatic hydroxyl groups is 1. The molecule has 4 aliphatic rings. The fraction of sp³-hybridized carbons (Fsp3) is 0.481. The van der Waals surface area contributed by atoms with Gasteiger partial charge < -0.3 is 20.1 Å². The Morgan fingerprint density at radius 3 is 2.83 bits per heavy atom. The number of nitrogens with one attached hydrogen (secondary N) is 2. The standard InChI is InChI=1S/C27H31FN4O4/c1-27-14-19-18-12-22(36-2)20(28)13-21(18)30-23(19)24(15-5-3-6-17(33)11-15)32(27)26(35)31(25(27)34)10-4-9-29-16-7-8-16/h5,11-13,16,24,29-30,33H,3-4,6-10,14H2,1-2H3/t24-,27+/m1/s1. The first kappa shape index (κ1) is 23.1. The molecule has 2 atom stereocenters. The number of carbonyl (C=O) groups is 2. The number of benzene rings is 1. The van der Waals surface area contributed by atoms with E-state index >= 15 is 0 Å². The van der Waals surface area contributed by atoms with E-state index in [2.05, 4.69) is 10.3 Å². The number of rotatable bonds is 7. The van der Waals surface area contributed by atoms with E-state index in [1.807, 2.05) is 13.0 Å². The molecule has 0 bridgehead atoms. The lowest BCUT2D eigenvalue weighted by molar-refractivity contribution is -0.133. The summed E-state index contributed by atoms with van der Waals surface area (Å²) in [6, 6.07) is 2.69. The molecule has 2 aromatic rings. The van der Waals surface area contributed by atoms with Gasteiger partial charge >= 0.3 is 6.03 Å². The van der Waals surface area contributed by atoms with Gasteiger partial charge in [-0.25, -0.2) is 9.18 Å². The normalized spacial score (nSPS) is 25.7. The zero-order chi connectivity index (χ0) is 25.2. The fourth-order valence-electron chi connectivity index (χ4n) is 5.95. The molecule has 8 nitrogen and oxygen atoms in total. The molecule has 1 saturated heterocycles. The number of amides is 3. The van der Waals surface area contributed by atoms with Crippen LogP contribution < -0.4 is 10.1 Å². The predicted molar refractivity (Wildman–Crippen MR) is 132 cm³/mol. The molecule has 0 spiro atoms. The molecule has 1 aromatic carbocycles. The SMILES string of the molecule is COc1cc2c3c([nH]c2cc1F)[C@@H](C1=CCCC(O)=C1)N1C(=O)N(CCCNC2CC2)C(=O)[C@]1(C)C3. The minimum absolute atomic E-state index is 0.126. The number of fused-ring (bicyclic) bond motifs is 4. The summed E-state index contributed by atoms with van der Waals surface area (Å²) in [4.78, 5) is 34.0. The molecule has 3 amide bonds. The summed E-state index contributed by atoms with van der Waals surface area (Å²) in [5.74, 6) is -0.338. The van der Waals surface area contributed by atoms with Gasteiger partial charge in [-0.15, -0.1) is 0 Å². The second-order valence-electron chi connectivity index (χ2n) is 10.5. The Labute approximate surface area is 208 Å². The number of halogens is 1. The molecule has 2 aliphatic carbocycles. The van der Waals surface area contributed by atoms with Crippen molar-refractivity contribution >= 4 is 22.8 Å². The lowest BCUT2D eigenvalue weighted by Crippen LogP contribution is -2.53. The molecule has 2 aliphatic heterocycles. The summed E-state index contributed by atoms with van der Waals surface area (Å²) in [7, 11) is 1.42. The Morgan fingerprint density at radius 1 is 1.31 bits per heavy atom. The first-order chi connectivity index (χ1) is 17.3. The maximum Gasteiger partial charge on any atom is 0.328 e. The lowest BCUT2D eigenvalue weighted by atomic mass is 9.80. The van der Waals surface area contributed by atoms with Crippen LogP contribution in [0.2, 0.25) is 0 Å². The van der Waals surface area contributed by atoms with Gasteiger partial charge in [0.15, 0.2) is 11.6 Å². The Bertz CT molecular complexity index is 1330. The van der Waals surface area contributed by atoms with Crippen molar-refractivity contribution in [2.45, 2.75) is 63.1 Å². The number of imide groups is 1. The minimum atomic E-state index is -1.10. The van der Waals surface area contributed by atoms with Crippen molar-refractivity contribution in [3.05, 3.63) is 52.7 Å². The number of carbonyl (C=O) groups excluding carboxylic acids is 2. The van der Waals surface area contributed by atoms with Gasteiger partial charge in [0.25, 0.3) is 5.91 Å². The van der Waals surface area contributed by atoms with Crippen LogP contribution in [0.25, 0.3) is 10.9 Å². The second kappa shape index (κ2) is 8.37. The Balaban J connectivity index is 1.44. The van der Waals surface area contributed by atoms with E-state index in [9.17, 15) is 19.1 Å². The molecule has 9 heteroatoms. The van der Waals surface area contributed by atoms with Crippen molar-refractivity contribution < 1.29 is 23.8 Å². The molecule has 36 heavy (non-hydrogen) atoms. The largest absolute Gasteiger partial charge is 0.512 e. The molecule has 3 N–H and O–H groups in total. The highest BCUT2D eigenvalue weighted by molar-refractivity contribution is 6.08. The molecule has 0 radical (unpaired) electrons. The third kappa shape index (κ3) is 3.51. The third-order valence-electron chi connectivity index (χ3n) is 7.94. The van der Waals surface area contributed by atoms with Crippen molar-refractivity contribution in [3.63, 3.8) is 0 Å². The van der Waals surface area contributed by atoms with Crippen LogP contribution in [0.5, 0.6) is 5.75 Å². The number of ether oxygens (including phenoxy) is 1. The van der Waals surface area contributed by atoms with Crippen LogP contribution in [0, 0.1) is 5.82 Å². The number of urea groups is 1. The van der Waals surface area contributed by atoms with Crippen molar-refractivity contribution in [1.29, 1.82) is 0 Å². The molecule has 6 rings (SSSR count). The average Bonchev–Trinajstić information content (AvgIpc) is 3.59. The minimum Gasteiger partial charge on any atom is -0.512 e. The van der Waals surface area contributed by atoms with Crippen LogP contribution in [0.15, 0.2) is 35.6 Å². The van der Waals surface area contributed by atoms with Crippen LogP contribution in [0.1, 0.15) is 56.3 Å². The molecule has 0 unspecified atom stereocenters. The Kier molecular flexibility index (Phi) is 5.37. The second-order valence-corrected chi connectivity index (χ2v) is 10.5. The molecule has 1 saturated carbocycles. The van der Waals surface area contributed by atoms with Gasteiger partial charge in [0.1, 0.15) is 11.6 Å². The van der Waals surface area contributed by atoms with Crippen molar-refractivity contribution in [2.24, 2.45) is 0 Å². The first-order valence-corrected chi connectivity index (χ1v) is 12.7. The van der Waals surface area contributed by atoms with Crippen LogP contribution in [-0.4, -0.2) is 63.6 Å². The monoisotopic (exact) mass is 494 g/mol. The van der Waals surface area contributed by atoms with Gasteiger partial charge in [0, 0.05) is 48.1 Å². The molecular weight excluding hydrogens is 463 g/mol. The molecule has 3 heterocycles. The van der Waals surface area contributed by atoms with E-state index in [0.717, 1.165) is 28.8 Å². The number of hydrogen-bond acceptors (Lipinski definition) is 5. The van der Waals surface area contributed by atoms with E-state index in [1.165, 1.54) is 30.9 Å². The molecule has 1 aromatic heterocycles. The van der Waals surface area contributed by atoms with E-state index in [1.54, 1.807) is 17.0 Å². The van der Waals surface area contributed by atoms with Gasteiger partial charge in [-0.3, -0.25) is 14.6 Å². The maximum atomic E-state index is 14.5. The van der Waals surface area contributed by atoms with Crippen LogP contribution >= 0.6 is 0 Å². The number of aliphatic hydroxyl groups excluding tert-OH is 1. The van der Waals surface area contributed by atoms with Crippen LogP contribution in [0.3, 0.4) is 0 Å². The van der Waals surface area contributed by atoms with E-state index in [0.29, 0.717) is 43.8 Å². The lowest BCUT2D eigenvalue weighted by Gasteiger charge is -2.43. The van der Waals surface area contributed by atoms with Crippen LogP contribution in [0.4, 0.5) is 9.18 Å². The maximum absolute atomic E-state index is 14.5. The summed E-state index contributed by atoms with van der Waals surface area (Å²) >= 11 is 0. The smallest absolute Gasteiger partial charge is 0.328 e. The zero-order valence-electron chi connectivity index (χ0n) is 20.6. The van der Waals surface area contributed by atoms with Gasteiger partial charge in [-0.2, -0.15) is 0 Å². The fourth-order valence-corrected chi connectivity index (χ4v) is 5.95. The van der Waals surface area contributed by atoms with E-state index in [-0.39, 0.29) is 23.4 Å². The number of nitrogens with zero attached hydrogens (tertiary/aromatic N) is 2. The first-order valence-electron chi connectivity index (χ1n) is 12.7. The van der Waals surface area contributed by atoms with E-state index < -0.39 is 17.4 Å². The zero-order valence-corrected chi connectivity index (χ0v) is 20.6. The summed E-state index contributed by atoms with van der Waals surface area (Å²) in [6.45, 7) is 2.93. The number of aromatic nitrogens is 1. The highest BCUT2D eigenvalue weighted by atomic mass is 19.1. The number of allylic oxidation sites excluding steroid dienone is 2. The highest BCUT2D eigenvalue weighted by Gasteiger charge is 2.60. The number of H-pyrrole nitrogens is 1. The summed E-state index contributed by atoms with van der Waals surface area (Å²) in [5, 5.41) is 14.5. The Morgan fingerprint density at radius 2 is 2.11 bits per heavy atom. The van der Waals surface area contributed by atoms with E-state index in [4.69, 9.17) is 4.74 Å². The van der Waals surface area contributed by atoms with Gasteiger partial charge in [-0.05, 0) is 62.4 Å². The van der Waals surface area contributed by atoms with Gasteiger partial charge in [0.05, 0.1) is 12.9 Å². The summed E-state index contributed by atoms with van der Waals surface area (Å²) in [6.07, 6.45) is 8.23. The summed E-state index contributed by atoms with van der Waals surface area (Å²) < 4.78 is 19.8.